The van der Waals surface area contributed by atoms with Gasteiger partial charge in [-0.2, -0.15) is 22.0 Å². The topological polar surface area (TPSA) is 29.4 Å². The predicted molar refractivity (Wildman–Crippen MR) is 48.2 cm³/mol. The molecule has 92 valence electrons. The molecule has 1 rings (SSSR count). The number of hydrogen-bond acceptors (Lipinski definition) is 2. The quantitative estimate of drug-likeness (QED) is 0.351. The molecule has 0 saturated heterocycles. The third-order valence-electron chi connectivity index (χ3n) is 1.88. The molecule has 1 aromatic carbocycles. The zero-order valence-electron chi connectivity index (χ0n) is 8.26. The number of benzene rings is 1. The fourth-order valence-corrected chi connectivity index (χ4v) is 1.21. The first kappa shape index (κ1) is 13.3. The van der Waals surface area contributed by atoms with Crippen molar-refractivity contribution in [2.24, 2.45) is 4.99 Å². The highest BCUT2D eigenvalue weighted by atomic mass is 19.4. The van der Waals surface area contributed by atoms with Gasteiger partial charge in [0, 0.05) is 0 Å². The Morgan fingerprint density at radius 1 is 1.18 bits per heavy atom. The Labute approximate surface area is 92.8 Å². The Balaban J connectivity index is 2.98. The Morgan fingerprint density at radius 3 is 2.35 bits per heavy atom. The molecule has 17 heavy (non-hydrogen) atoms. The van der Waals surface area contributed by atoms with Gasteiger partial charge in [0.25, 0.3) is 0 Å². The van der Waals surface area contributed by atoms with Crippen LogP contribution < -0.4 is 0 Å². The first-order valence-corrected chi connectivity index (χ1v) is 4.37. The molecule has 0 spiro atoms. The molecule has 0 amide bonds. The van der Waals surface area contributed by atoms with Crippen molar-refractivity contribution in [2.45, 2.75) is 18.6 Å². The fourth-order valence-electron chi connectivity index (χ4n) is 1.21. The van der Waals surface area contributed by atoms with Gasteiger partial charge in [0.15, 0.2) is 0 Å². The summed E-state index contributed by atoms with van der Waals surface area (Å²) in [5.41, 5.74) is -1.29. The Bertz CT molecular complexity index is 448. The number of alkyl halides is 5. The van der Waals surface area contributed by atoms with Gasteiger partial charge in [-0.15, -0.1) is 4.99 Å². The van der Waals surface area contributed by atoms with E-state index in [1.165, 1.54) is 0 Å². The lowest BCUT2D eigenvalue weighted by molar-refractivity contribution is -0.137. The molecule has 0 unspecified atom stereocenters. The maximum Gasteiger partial charge on any atom is 0.416 e. The Morgan fingerprint density at radius 2 is 1.82 bits per heavy atom. The highest BCUT2D eigenvalue weighted by Gasteiger charge is 2.32. The summed E-state index contributed by atoms with van der Waals surface area (Å²) < 4.78 is 62.5. The number of halogens is 5. The minimum absolute atomic E-state index is 0.260. The number of nitrogens with zero attached hydrogens (tertiary/aromatic N) is 1. The average Bonchev–Trinajstić information content (AvgIpc) is 2.15. The minimum Gasteiger partial charge on any atom is -0.211 e. The van der Waals surface area contributed by atoms with Crippen LogP contribution in [0.4, 0.5) is 22.0 Å². The van der Waals surface area contributed by atoms with Gasteiger partial charge < -0.3 is 0 Å². The average molecular weight is 251 g/mol. The van der Waals surface area contributed by atoms with E-state index in [9.17, 15) is 26.7 Å². The van der Waals surface area contributed by atoms with Gasteiger partial charge in [-0.1, -0.05) is 18.2 Å². The number of aliphatic imine (C=N–C) groups is 1. The van der Waals surface area contributed by atoms with Crippen LogP contribution in [0.25, 0.3) is 0 Å². The van der Waals surface area contributed by atoms with Crippen molar-refractivity contribution in [2.75, 3.05) is 0 Å². The normalized spacial score (nSPS) is 12.1. The second-order valence-electron chi connectivity index (χ2n) is 3.24. The van der Waals surface area contributed by atoms with Crippen LogP contribution in [0.2, 0.25) is 0 Å². The van der Waals surface area contributed by atoms with E-state index in [1.54, 1.807) is 0 Å². The zero-order valence-corrected chi connectivity index (χ0v) is 8.26. The summed E-state index contributed by atoms with van der Waals surface area (Å²) in [5.74, 6) is 0. The smallest absolute Gasteiger partial charge is 0.211 e. The molecule has 0 aliphatic carbocycles. The van der Waals surface area contributed by atoms with E-state index >= 15 is 0 Å². The van der Waals surface area contributed by atoms with E-state index in [1.807, 2.05) is 0 Å². The van der Waals surface area contributed by atoms with Crippen LogP contribution in [-0.4, -0.2) is 12.1 Å². The second-order valence-corrected chi connectivity index (χ2v) is 3.24. The molecular weight excluding hydrogens is 245 g/mol. The highest BCUT2D eigenvalue weighted by Crippen LogP contribution is 2.31. The molecular formula is C10H6F5NO. The maximum atomic E-state index is 12.8. The van der Waals surface area contributed by atoms with Crippen LogP contribution in [0.1, 0.15) is 11.1 Å². The summed E-state index contributed by atoms with van der Waals surface area (Å²) >= 11 is 0. The molecule has 2 nitrogen and oxygen atoms in total. The summed E-state index contributed by atoms with van der Waals surface area (Å²) in [4.78, 5) is 11.9. The molecule has 0 saturated carbocycles. The molecule has 0 atom stereocenters. The standard InChI is InChI=1S/C10H6F5NO/c11-9(12,16-6-17)5-7-2-1-3-8(4-7)10(13,14)15/h1-4H,5H2. The largest absolute Gasteiger partial charge is 0.416 e. The molecule has 0 aliphatic heterocycles. The second kappa shape index (κ2) is 4.63. The Kier molecular flexibility index (Phi) is 3.63. The highest BCUT2D eigenvalue weighted by molar-refractivity contribution is 5.34. The molecule has 0 radical (unpaired) electrons. The van der Waals surface area contributed by atoms with Crippen LogP contribution in [-0.2, 0) is 17.4 Å². The molecule has 0 fully saturated rings. The molecule has 0 N–H and O–H groups in total. The lowest BCUT2D eigenvalue weighted by Gasteiger charge is -2.11. The van der Waals surface area contributed by atoms with Gasteiger partial charge >= 0.3 is 12.2 Å². The van der Waals surface area contributed by atoms with E-state index in [4.69, 9.17) is 0 Å². The summed E-state index contributed by atoms with van der Waals surface area (Å²) in [5, 5.41) is 0. The van der Waals surface area contributed by atoms with Crippen LogP contribution in [0.15, 0.2) is 29.3 Å². The van der Waals surface area contributed by atoms with E-state index in [0.29, 0.717) is 12.1 Å². The van der Waals surface area contributed by atoms with Crippen LogP contribution in [0.3, 0.4) is 0 Å². The molecule has 0 aromatic heterocycles. The van der Waals surface area contributed by atoms with Crippen molar-refractivity contribution in [1.29, 1.82) is 0 Å². The zero-order chi connectivity index (χ0) is 13.1. The van der Waals surface area contributed by atoms with Gasteiger partial charge in [0.2, 0.25) is 6.08 Å². The van der Waals surface area contributed by atoms with Gasteiger partial charge in [-0.25, -0.2) is 4.79 Å². The monoisotopic (exact) mass is 251 g/mol. The van der Waals surface area contributed by atoms with E-state index in [2.05, 4.69) is 4.99 Å². The van der Waals surface area contributed by atoms with Crippen LogP contribution in [0.5, 0.6) is 0 Å². The van der Waals surface area contributed by atoms with Crippen molar-refractivity contribution in [3.63, 3.8) is 0 Å². The number of rotatable bonds is 3. The maximum absolute atomic E-state index is 12.8. The number of isocyanates is 1. The third-order valence-corrected chi connectivity index (χ3v) is 1.88. The fraction of sp³-hybridized carbons (Fsp3) is 0.300. The van der Waals surface area contributed by atoms with Gasteiger partial charge in [-0.05, 0) is 11.6 Å². The predicted octanol–water partition coefficient (Wildman–Crippen LogP) is 3.18. The van der Waals surface area contributed by atoms with E-state index in [-0.39, 0.29) is 5.56 Å². The summed E-state index contributed by atoms with van der Waals surface area (Å²) in [6.07, 6.45) is -5.00. The number of hydrogen-bond donors (Lipinski definition) is 0. The summed E-state index contributed by atoms with van der Waals surface area (Å²) in [6, 6.07) is -0.271. The lowest BCUT2D eigenvalue weighted by Crippen LogP contribution is -2.16. The van der Waals surface area contributed by atoms with Gasteiger partial charge in [-0.3, -0.25) is 0 Å². The molecule has 1 aromatic rings. The summed E-state index contributed by atoms with van der Waals surface area (Å²) in [6.45, 7) is 0. The van der Waals surface area contributed by atoms with E-state index < -0.39 is 24.2 Å². The van der Waals surface area contributed by atoms with Crippen molar-refractivity contribution >= 4 is 6.08 Å². The van der Waals surface area contributed by atoms with Gasteiger partial charge in [0.05, 0.1) is 12.0 Å². The first-order chi connectivity index (χ1) is 7.74. The molecule has 0 bridgehead atoms. The molecule has 0 heterocycles. The third kappa shape index (κ3) is 3.96. The van der Waals surface area contributed by atoms with Crippen molar-refractivity contribution in [3.05, 3.63) is 35.4 Å². The van der Waals surface area contributed by atoms with E-state index in [0.717, 1.165) is 18.2 Å². The van der Waals surface area contributed by atoms with Crippen molar-refractivity contribution < 1.29 is 26.7 Å². The summed E-state index contributed by atoms with van der Waals surface area (Å²) in [7, 11) is 0. The SMILES string of the molecule is O=C=NC(F)(F)Cc1cccc(C(F)(F)F)c1. The molecule has 7 heteroatoms. The first-order valence-electron chi connectivity index (χ1n) is 4.37. The van der Waals surface area contributed by atoms with Gasteiger partial charge in [0.1, 0.15) is 0 Å². The molecule has 0 aliphatic rings. The number of carbonyl (C=O) groups excluding carboxylic acids is 1. The van der Waals surface area contributed by atoms with Crippen molar-refractivity contribution in [1.82, 2.24) is 0 Å². The van der Waals surface area contributed by atoms with Crippen LogP contribution >= 0.6 is 0 Å². The lowest BCUT2D eigenvalue weighted by atomic mass is 10.1. The van der Waals surface area contributed by atoms with Crippen molar-refractivity contribution in [3.8, 4) is 0 Å². The van der Waals surface area contributed by atoms with Crippen LogP contribution in [0, 0.1) is 0 Å². The minimum atomic E-state index is -4.60. The Hall–Kier alpha value is -1.75.